The van der Waals surface area contributed by atoms with E-state index < -0.39 is 0 Å². The molecule has 0 aliphatic carbocycles. The topological polar surface area (TPSA) is 24.5 Å². The van der Waals surface area contributed by atoms with Crippen molar-refractivity contribution in [2.24, 2.45) is 0 Å². The molecular formula is C4H7N2O. The Morgan fingerprint density at radius 1 is 1.86 bits per heavy atom. The molecule has 1 rings (SSSR count). The van der Waals surface area contributed by atoms with Crippen LogP contribution in [0.2, 0.25) is 0 Å². The average molecular weight is 99.1 g/mol. The summed E-state index contributed by atoms with van der Waals surface area (Å²) >= 11 is 0. The van der Waals surface area contributed by atoms with Crippen LogP contribution in [0.1, 0.15) is 6.92 Å². The Labute approximate surface area is 42.5 Å². The minimum absolute atomic E-state index is 1.50. The number of hydrogen-bond acceptors (Lipinski definition) is 3. The summed E-state index contributed by atoms with van der Waals surface area (Å²) in [6.45, 7) is 3.65. The van der Waals surface area contributed by atoms with Crippen LogP contribution in [-0.2, 0) is 4.84 Å². The van der Waals surface area contributed by atoms with Crippen LogP contribution < -0.4 is 5.43 Å². The molecule has 0 aromatic carbocycles. The van der Waals surface area contributed by atoms with Gasteiger partial charge < -0.3 is 4.84 Å². The van der Waals surface area contributed by atoms with Crippen molar-refractivity contribution in [3.8, 4) is 0 Å². The standard InChI is InChI=1S/C4H7N2O/c1-2-6-5-3-4-7-6/h2-5H,1H3. The fourth-order valence-corrected chi connectivity index (χ4v) is 0.366. The third-order valence-electron chi connectivity index (χ3n) is 0.679. The maximum atomic E-state index is 4.79. The van der Waals surface area contributed by atoms with Crippen LogP contribution in [0.3, 0.4) is 0 Å². The lowest BCUT2D eigenvalue weighted by molar-refractivity contribution is -0.0829. The number of hydrogen-bond donors (Lipinski definition) is 1. The summed E-state index contributed by atoms with van der Waals surface area (Å²) in [7, 11) is 0. The van der Waals surface area contributed by atoms with Crippen molar-refractivity contribution in [2.75, 3.05) is 0 Å². The minimum atomic E-state index is 1.50. The molecule has 1 aliphatic heterocycles. The Bertz CT molecular complexity index is 73.8. The lowest BCUT2D eigenvalue weighted by atomic mass is 10.8. The Morgan fingerprint density at radius 3 is 3.00 bits per heavy atom. The Morgan fingerprint density at radius 2 is 2.71 bits per heavy atom. The van der Waals surface area contributed by atoms with Gasteiger partial charge in [0.15, 0.2) is 0 Å². The highest BCUT2D eigenvalue weighted by Gasteiger charge is 2.00. The van der Waals surface area contributed by atoms with Gasteiger partial charge in [0, 0.05) is 0 Å². The smallest absolute Gasteiger partial charge is 0.131 e. The minimum Gasteiger partial charge on any atom is -0.392 e. The van der Waals surface area contributed by atoms with Crippen molar-refractivity contribution in [2.45, 2.75) is 6.92 Å². The van der Waals surface area contributed by atoms with Gasteiger partial charge in [0.25, 0.3) is 0 Å². The molecule has 1 aliphatic rings. The van der Waals surface area contributed by atoms with Crippen LogP contribution in [0, 0.1) is 6.54 Å². The van der Waals surface area contributed by atoms with E-state index in [1.807, 2.05) is 6.92 Å². The summed E-state index contributed by atoms with van der Waals surface area (Å²) in [5.74, 6) is 0. The monoisotopic (exact) mass is 99.1 g/mol. The second-order valence-corrected chi connectivity index (χ2v) is 1.12. The van der Waals surface area contributed by atoms with Crippen molar-refractivity contribution in [3.63, 3.8) is 0 Å². The highest BCUT2D eigenvalue weighted by Crippen LogP contribution is 1.94. The molecule has 0 saturated heterocycles. The molecule has 0 aromatic rings. The van der Waals surface area contributed by atoms with Gasteiger partial charge in [-0.15, -0.1) is 0 Å². The predicted molar refractivity (Wildman–Crippen MR) is 25.2 cm³/mol. The Balaban J connectivity index is 2.22. The van der Waals surface area contributed by atoms with Crippen molar-refractivity contribution in [1.82, 2.24) is 10.6 Å². The summed E-state index contributed by atoms with van der Waals surface area (Å²) in [5.41, 5.74) is 2.78. The van der Waals surface area contributed by atoms with Crippen molar-refractivity contribution in [3.05, 3.63) is 19.0 Å². The number of hydroxylamine groups is 1. The number of rotatable bonds is 1. The molecule has 0 atom stereocenters. The second kappa shape index (κ2) is 1.84. The fraction of sp³-hybridized carbons (Fsp3) is 0.250. The van der Waals surface area contributed by atoms with E-state index in [0.717, 1.165) is 0 Å². The summed E-state index contributed by atoms with van der Waals surface area (Å²) in [6.07, 6.45) is 3.28. The average Bonchev–Trinajstić information content (AvgIpc) is 2.14. The third-order valence-corrected chi connectivity index (χ3v) is 0.679. The zero-order valence-corrected chi connectivity index (χ0v) is 4.09. The van der Waals surface area contributed by atoms with Crippen LogP contribution in [0.5, 0.6) is 0 Å². The Hall–Kier alpha value is -0.700. The van der Waals surface area contributed by atoms with Gasteiger partial charge in [-0.25, -0.2) is 0 Å². The van der Waals surface area contributed by atoms with E-state index in [2.05, 4.69) is 5.43 Å². The molecule has 0 bridgehead atoms. The number of nitrogens with zero attached hydrogens (tertiary/aromatic N) is 1. The molecule has 0 fully saturated rings. The fourth-order valence-electron chi connectivity index (χ4n) is 0.366. The number of nitrogens with one attached hydrogen (secondary N) is 1. The molecule has 39 valence electrons. The van der Waals surface area contributed by atoms with E-state index in [1.54, 1.807) is 19.0 Å². The molecule has 1 radical (unpaired) electrons. The predicted octanol–water partition coefficient (Wildman–Crippen LogP) is 0.391. The van der Waals surface area contributed by atoms with Crippen LogP contribution in [0.15, 0.2) is 12.5 Å². The molecule has 1 heterocycles. The lowest BCUT2D eigenvalue weighted by Crippen LogP contribution is -2.23. The largest absolute Gasteiger partial charge is 0.392 e. The molecule has 0 unspecified atom stereocenters. The first-order valence-corrected chi connectivity index (χ1v) is 2.10. The van der Waals surface area contributed by atoms with Crippen molar-refractivity contribution >= 4 is 0 Å². The normalized spacial score (nSPS) is 19.0. The van der Waals surface area contributed by atoms with E-state index in [0.29, 0.717) is 0 Å². The SMILES string of the molecule is C[CH]N1NC=CO1. The zero-order valence-electron chi connectivity index (χ0n) is 4.09. The first kappa shape index (κ1) is 4.46. The van der Waals surface area contributed by atoms with E-state index in [-0.39, 0.29) is 0 Å². The van der Waals surface area contributed by atoms with Crippen LogP contribution in [0.25, 0.3) is 0 Å². The lowest BCUT2D eigenvalue weighted by Gasteiger charge is -2.08. The van der Waals surface area contributed by atoms with Crippen LogP contribution in [-0.4, -0.2) is 5.17 Å². The first-order valence-electron chi connectivity index (χ1n) is 2.10. The zero-order chi connectivity index (χ0) is 5.11. The van der Waals surface area contributed by atoms with E-state index >= 15 is 0 Å². The van der Waals surface area contributed by atoms with Gasteiger partial charge in [-0.05, 0) is 6.92 Å². The van der Waals surface area contributed by atoms with E-state index in [4.69, 9.17) is 4.84 Å². The van der Waals surface area contributed by atoms with Crippen molar-refractivity contribution < 1.29 is 4.84 Å². The van der Waals surface area contributed by atoms with Crippen LogP contribution >= 0.6 is 0 Å². The second-order valence-electron chi connectivity index (χ2n) is 1.12. The molecule has 3 heteroatoms. The van der Waals surface area contributed by atoms with Gasteiger partial charge in [-0.2, -0.15) is 0 Å². The molecular weight excluding hydrogens is 92.1 g/mol. The summed E-state index contributed by atoms with van der Waals surface area (Å²) in [6, 6.07) is 0. The molecule has 0 spiro atoms. The summed E-state index contributed by atoms with van der Waals surface area (Å²) in [4.78, 5) is 4.79. The van der Waals surface area contributed by atoms with Gasteiger partial charge in [0.05, 0.1) is 12.7 Å². The van der Waals surface area contributed by atoms with Gasteiger partial charge in [-0.1, -0.05) is 5.17 Å². The molecule has 7 heavy (non-hydrogen) atoms. The molecule has 3 nitrogen and oxygen atoms in total. The van der Waals surface area contributed by atoms with E-state index in [1.165, 1.54) is 5.17 Å². The molecule has 0 amide bonds. The highest BCUT2D eigenvalue weighted by molar-refractivity contribution is 4.74. The number of hydrazine groups is 1. The highest BCUT2D eigenvalue weighted by atomic mass is 16.7. The maximum absolute atomic E-state index is 4.79. The van der Waals surface area contributed by atoms with Gasteiger partial charge >= 0.3 is 0 Å². The van der Waals surface area contributed by atoms with Gasteiger partial charge in [0.2, 0.25) is 0 Å². The van der Waals surface area contributed by atoms with Crippen LogP contribution in [0.4, 0.5) is 0 Å². The van der Waals surface area contributed by atoms with Gasteiger partial charge in [-0.3, -0.25) is 5.43 Å². The van der Waals surface area contributed by atoms with E-state index in [9.17, 15) is 0 Å². The molecule has 1 N–H and O–H groups in total. The maximum Gasteiger partial charge on any atom is 0.131 e. The first-order chi connectivity index (χ1) is 3.43. The van der Waals surface area contributed by atoms with Crippen molar-refractivity contribution in [1.29, 1.82) is 0 Å². The Kier molecular flexibility index (Phi) is 1.17. The summed E-state index contributed by atoms with van der Waals surface area (Å²) in [5, 5.41) is 1.50. The molecule has 0 aromatic heterocycles. The molecule has 0 saturated carbocycles. The third kappa shape index (κ3) is 0.838. The quantitative estimate of drug-likeness (QED) is 0.514. The summed E-state index contributed by atoms with van der Waals surface area (Å²) < 4.78 is 0. The van der Waals surface area contributed by atoms with Gasteiger partial charge in [0.1, 0.15) is 6.26 Å².